The van der Waals surface area contributed by atoms with E-state index in [0.717, 1.165) is 54.2 Å². The maximum Gasteiger partial charge on any atom is 0.239 e. The molecule has 5 rings (SSSR count). The average molecular weight is 405 g/mol. The monoisotopic (exact) mass is 405 g/mol. The molecule has 0 saturated carbocycles. The summed E-state index contributed by atoms with van der Waals surface area (Å²) in [7, 11) is 0. The number of anilines is 2. The number of aryl methyl sites for hydroxylation is 2. The minimum atomic E-state index is -0.0866. The molecule has 0 bridgehead atoms. The van der Waals surface area contributed by atoms with Crippen LogP contribution in [-0.2, 0) is 4.79 Å². The molecule has 0 spiro atoms. The molecule has 1 aliphatic heterocycles. The molecule has 1 amide bonds. The van der Waals surface area contributed by atoms with Gasteiger partial charge in [-0.1, -0.05) is 17.3 Å². The van der Waals surface area contributed by atoms with Crippen LogP contribution in [0, 0.1) is 13.8 Å². The number of nitrogens with one attached hydrogen (secondary N) is 1. The molecule has 9 nitrogen and oxygen atoms in total. The van der Waals surface area contributed by atoms with Crippen LogP contribution in [0.3, 0.4) is 0 Å². The van der Waals surface area contributed by atoms with Crippen molar-refractivity contribution in [1.82, 2.24) is 24.7 Å². The number of amides is 1. The molecule has 9 heteroatoms. The molecular formula is C21H23N7O2. The zero-order chi connectivity index (χ0) is 20.7. The predicted molar refractivity (Wildman–Crippen MR) is 114 cm³/mol. The first-order chi connectivity index (χ1) is 14.6. The number of para-hydroxylation sites is 1. The molecule has 0 radical (unpaired) electrons. The first-order valence-corrected chi connectivity index (χ1v) is 10.0. The van der Waals surface area contributed by atoms with Crippen LogP contribution in [-0.4, -0.2) is 63.3 Å². The van der Waals surface area contributed by atoms with Gasteiger partial charge in [0.25, 0.3) is 0 Å². The maximum atomic E-state index is 12.3. The molecule has 3 aromatic heterocycles. The Labute approximate surface area is 173 Å². The van der Waals surface area contributed by atoms with Gasteiger partial charge in [-0.25, -0.2) is 9.50 Å². The Bertz CT molecular complexity index is 1220. The number of rotatable bonds is 4. The van der Waals surface area contributed by atoms with E-state index < -0.39 is 0 Å². The fraction of sp³-hybridized carbons (Fsp3) is 0.333. The van der Waals surface area contributed by atoms with Gasteiger partial charge in [0.2, 0.25) is 5.91 Å². The first kappa shape index (κ1) is 18.6. The lowest BCUT2D eigenvalue weighted by molar-refractivity contribution is -0.117. The number of carbonyl (C=O) groups excluding carboxylic acids is 1. The SMILES string of the molecule is Cc1cc2nc(N3CCN(CC(=O)Nc4cc(C)on4)CC3)c3ccccc3n2n1. The molecule has 4 aromatic rings. The molecule has 1 aliphatic rings. The van der Waals surface area contributed by atoms with Crippen molar-refractivity contribution in [1.29, 1.82) is 0 Å². The van der Waals surface area contributed by atoms with Gasteiger partial charge in [-0.2, -0.15) is 5.10 Å². The number of benzene rings is 1. The summed E-state index contributed by atoms with van der Waals surface area (Å²) in [5.41, 5.74) is 2.85. The standard InChI is InChI=1S/C21H23N7O2/c1-14-11-19-23-21(16-5-3-4-6-17(16)28(19)24-14)27-9-7-26(8-10-27)13-20(29)22-18-12-15(2)30-25-18/h3-6,11-12H,7-10,13H2,1-2H3,(H,22,25,29). The third kappa shape index (κ3) is 3.48. The molecule has 30 heavy (non-hydrogen) atoms. The zero-order valence-corrected chi connectivity index (χ0v) is 17.0. The van der Waals surface area contributed by atoms with E-state index in [0.29, 0.717) is 18.1 Å². The van der Waals surface area contributed by atoms with E-state index in [4.69, 9.17) is 9.51 Å². The van der Waals surface area contributed by atoms with E-state index in [2.05, 4.69) is 37.5 Å². The van der Waals surface area contributed by atoms with Gasteiger partial charge in [-0.05, 0) is 26.0 Å². The second kappa shape index (κ2) is 7.42. The van der Waals surface area contributed by atoms with Crippen molar-refractivity contribution in [2.24, 2.45) is 0 Å². The quantitative estimate of drug-likeness (QED) is 0.557. The number of carbonyl (C=O) groups is 1. The number of fused-ring (bicyclic) bond motifs is 3. The molecule has 1 N–H and O–H groups in total. The highest BCUT2D eigenvalue weighted by Crippen LogP contribution is 2.27. The Balaban J connectivity index is 1.30. The van der Waals surface area contributed by atoms with Crippen LogP contribution in [0.5, 0.6) is 0 Å². The molecule has 154 valence electrons. The fourth-order valence-corrected chi connectivity index (χ4v) is 3.93. The van der Waals surface area contributed by atoms with Crippen LogP contribution in [0.4, 0.5) is 11.6 Å². The predicted octanol–water partition coefficient (Wildman–Crippen LogP) is 2.25. The minimum Gasteiger partial charge on any atom is -0.360 e. The van der Waals surface area contributed by atoms with Gasteiger partial charge in [-0.15, -0.1) is 0 Å². The van der Waals surface area contributed by atoms with Gasteiger partial charge in [0.15, 0.2) is 11.5 Å². The average Bonchev–Trinajstić information content (AvgIpc) is 3.32. The lowest BCUT2D eigenvalue weighted by Crippen LogP contribution is -2.49. The topological polar surface area (TPSA) is 91.8 Å². The highest BCUT2D eigenvalue weighted by molar-refractivity contribution is 5.92. The summed E-state index contributed by atoms with van der Waals surface area (Å²) in [5.74, 6) is 2.01. The van der Waals surface area contributed by atoms with E-state index >= 15 is 0 Å². The molecule has 0 aliphatic carbocycles. The van der Waals surface area contributed by atoms with Gasteiger partial charge < -0.3 is 14.7 Å². The minimum absolute atomic E-state index is 0.0866. The summed E-state index contributed by atoms with van der Waals surface area (Å²) < 4.78 is 6.89. The number of piperazine rings is 1. The smallest absolute Gasteiger partial charge is 0.239 e. The van der Waals surface area contributed by atoms with Crippen molar-refractivity contribution in [2.75, 3.05) is 42.9 Å². The normalized spacial score (nSPS) is 15.2. The summed E-state index contributed by atoms with van der Waals surface area (Å²) in [6.07, 6.45) is 0. The second-order valence-electron chi connectivity index (χ2n) is 7.64. The van der Waals surface area contributed by atoms with Crippen LogP contribution in [0.1, 0.15) is 11.5 Å². The maximum absolute atomic E-state index is 12.3. The zero-order valence-electron chi connectivity index (χ0n) is 17.0. The Kier molecular flexibility index (Phi) is 4.59. The van der Waals surface area contributed by atoms with Gasteiger partial charge in [-0.3, -0.25) is 9.69 Å². The van der Waals surface area contributed by atoms with Crippen LogP contribution in [0.2, 0.25) is 0 Å². The summed E-state index contributed by atoms with van der Waals surface area (Å²) in [5, 5.41) is 12.2. The van der Waals surface area contributed by atoms with Crippen LogP contribution in [0.15, 0.2) is 40.9 Å². The highest BCUT2D eigenvalue weighted by Gasteiger charge is 2.22. The van der Waals surface area contributed by atoms with Crippen molar-refractivity contribution < 1.29 is 9.32 Å². The lowest BCUT2D eigenvalue weighted by Gasteiger charge is -2.35. The van der Waals surface area contributed by atoms with E-state index in [9.17, 15) is 4.79 Å². The van der Waals surface area contributed by atoms with Gasteiger partial charge in [0.05, 0.1) is 17.8 Å². The van der Waals surface area contributed by atoms with Crippen molar-refractivity contribution in [3.8, 4) is 0 Å². The molecular weight excluding hydrogens is 382 g/mol. The molecule has 1 aromatic carbocycles. The Morgan fingerprint density at radius 2 is 1.93 bits per heavy atom. The van der Waals surface area contributed by atoms with E-state index in [1.807, 2.05) is 29.6 Å². The molecule has 4 heterocycles. The highest BCUT2D eigenvalue weighted by atomic mass is 16.5. The summed E-state index contributed by atoms with van der Waals surface area (Å²) >= 11 is 0. The number of aromatic nitrogens is 4. The molecule has 1 saturated heterocycles. The van der Waals surface area contributed by atoms with Crippen molar-refractivity contribution in [2.45, 2.75) is 13.8 Å². The summed E-state index contributed by atoms with van der Waals surface area (Å²) in [6, 6.07) is 11.9. The third-order valence-electron chi connectivity index (χ3n) is 5.34. The molecule has 1 fully saturated rings. The third-order valence-corrected chi connectivity index (χ3v) is 5.34. The number of hydrogen-bond donors (Lipinski definition) is 1. The van der Waals surface area contributed by atoms with Gasteiger partial charge in [0, 0.05) is 43.7 Å². The van der Waals surface area contributed by atoms with Gasteiger partial charge in [0.1, 0.15) is 11.6 Å². The largest absolute Gasteiger partial charge is 0.360 e. The van der Waals surface area contributed by atoms with Crippen LogP contribution in [0.25, 0.3) is 16.6 Å². The van der Waals surface area contributed by atoms with Crippen LogP contribution >= 0.6 is 0 Å². The van der Waals surface area contributed by atoms with Crippen LogP contribution < -0.4 is 10.2 Å². The fourth-order valence-electron chi connectivity index (χ4n) is 3.93. The Morgan fingerprint density at radius 3 is 2.70 bits per heavy atom. The Morgan fingerprint density at radius 1 is 1.13 bits per heavy atom. The Hall–Kier alpha value is -3.46. The van der Waals surface area contributed by atoms with Crippen molar-refractivity contribution in [3.05, 3.63) is 47.9 Å². The van der Waals surface area contributed by atoms with Crippen molar-refractivity contribution >= 4 is 34.1 Å². The van der Waals surface area contributed by atoms with E-state index in [1.165, 1.54) is 0 Å². The molecule has 0 unspecified atom stereocenters. The first-order valence-electron chi connectivity index (χ1n) is 10.0. The number of hydrogen-bond acceptors (Lipinski definition) is 7. The van der Waals surface area contributed by atoms with E-state index in [-0.39, 0.29) is 5.91 Å². The number of nitrogens with zero attached hydrogens (tertiary/aromatic N) is 6. The molecule has 0 atom stereocenters. The van der Waals surface area contributed by atoms with Crippen molar-refractivity contribution in [3.63, 3.8) is 0 Å². The summed E-state index contributed by atoms with van der Waals surface area (Å²) in [4.78, 5) is 21.6. The van der Waals surface area contributed by atoms with Gasteiger partial charge >= 0.3 is 0 Å². The second-order valence-corrected chi connectivity index (χ2v) is 7.64. The summed E-state index contributed by atoms with van der Waals surface area (Å²) in [6.45, 7) is 7.27. The van der Waals surface area contributed by atoms with E-state index in [1.54, 1.807) is 13.0 Å². The lowest BCUT2D eigenvalue weighted by atomic mass is 10.2.